The molecule has 3 nitrogen and oxygen atoms in total. The Bertz CT molecular complexity index is 841. The number of nitrogens with two attached hydrogens (primary N) is 1. The van der Waals surface area contributed by atoms with E-state index in [9.17, 15) is 4.39 Å². The van der Waals surface area contributed by atoms with Crippen molar-refractivity contribution in [2.24, 2.45) is 0 Å². The molecule has 0 bridgehead atoms. The van der Waals surface area contributed by atoms with Crippen LogP contribution in [-0.4, -0.2) is 4.98 Å². The highest BCUT2D eigenvalue weighted by Gasteiger charge is 2.15. The average molecular weight is 368 g/mol. The Labute approximate surface area is 133 Å². The van der Waals surface area contributed by atoms with Crippen LogP contribution < -0.4 is 10.5 Å². The quantitative estimate of drug-likeness (QED) is 0.636. The van der Waals surface area contributed by atoms with Crippen molar-refractivity contribution in [2.45, 2.75) is 0 Å². The monoisotopic (exact) mass is 366 g/mol. The van der Waals surface area contributed by atoms with Crippen LogP contribution in [0.4, 0.5) is 10.1 Å². The molecule has 106 valence electrons. The highest BCUT2D eigenvalue weighted by atomic mass is 79.9. The van der Waals surface area contributed by atoms with E-state index in [1.807, 2.05) is 0 Å². The summed E-state index contributed by atoms with van der Waals surface area (Å²) in [5, 5.41) is 0.999. The van der Waals surface area contributed by atoms with Crippen molar-refractivity contribution in [3.05, 3.63) is 57.9 Å². The maximum atomic E-state index is 14.2. The van der Waals surface area contributed by atoms with Gasteiger partial charge in [-0.05, 0) is 30.3 Å². The summed E-state index contributed by atoms with van der Waals surface area (Å²) < 4.78 is 20.6. The lowest BCUT2D eigenvalue weighted by atomic mass is 10.1. The molecule has 0 saturated heterocycles. The van der Waals surface area contributed by atoms with Crippen LogP contribution in [0.1, 0.15) is 0 Å². The molecule has 0 atom stereocenters. The fourth-order valence-electron chi connectivity index (χ4n) is 1.97. The van der Waals surface area contributed by atoms with Crippen molar-refractivity contribution < 1.29 is 9.13 Å². The number of rotatable bonds is 2. The molecule has 0 aliphatic rings. The van der Waals surface area contributed by atoms with Gasteiger partial charge in [0.2, 0.25) is 0 Å². The fraction of sp³-hybridized carbons (Fsp3) is 0. The lowest BCUT2D eigenvalue weighted by Gasteiger charge is -2.12. The Hall–Kier alpha value is -1.85. The van der Waals surface area contributed by atoms with Crippen LogP contribution in [-0.2, 0) is 0 Å². The van der Waals surface area contributed by atoms with Crippen LogP contribution >= 0.6 is 27.5 Å². The van der Waals surface area contributed by atoms with E-state index >= 15 is 0 Å². The molecule has 3 rings (SSSR count). The predicted octanol–water partition coefficient (Wildman–Crippen LogP) is 5.16. The number of pyridine rings is 1. The molecule has 0 unspecified atom stereocenters. The largest absolute Gasteiger partial charge is 0.450 e. The van der Waals surface area contributed by atoms with E-state index < -0.39 is 5.82 Å². The molecule has 0 saturated carbocycles. The second kappa shape index (κ2) is 5.50. The molecule has 6 heteroatoms. The molecule has 2 N–H and O–H groups in total. The summed E-state index contributed by atoms with van der Waals surface area (Å²) >= 11 is 9.39. The summed E-state index contributed by atoms with van der Waals surface area (Å²) in [6.07, 6.45) is 1.55. The summed E-state index contributed by atoms with van der Waals surface area (Å²) in [7, 11) is 0. The molecule has 1 aromatic heterocycles. The van der Waals surface area contributed by atoms with Gasteiger partial charge in [0.25, 0.3) is 0 Å². The molecule has 21 heavy (non-hydrogen) atoms. The van der Waals surface area contributed by atoms with E-state index in [4.69, 9.17) is 22.1 Å². The first kappa shape index (κ1) is 14.1. The molecule has 0 aliphatic carbocycles. The van der Waals surface area contributed by atoms with Gasteiger partial charge in [0.1, 0.15) is 11.3 Å². The van der Waals surface area contributed by atoms with Crippen molar-refractivity contribution in [1.29, 1.82) is 0 Å². The van der Waals surface area contributed by atoms with Gasteiger partial charge in [0.15, 0.2) is 11.6 Å². The zero-order valence-electron chi connectivity index (χ0n) is 10.6. The molecule has 0 radical (unpaired) electrons. The predicted molar refractivity (Wildman–Crippen MR) is 85.3 cm³/mol. The number of aromatic nitrogens is 1. The van der Waals surface area contributed by atoms with Gasteiger partial charge in [-0.2, -0.15) is 0 Å². The van der Waals surface area contributed by atoms with Crippen molar-refractivity contribution in [3.63, 3.8) is 0 Å². The van der Waals surface area contributed by atoms with E-state index in [1.54, 1.807) is 36.5 Å². The summed E-state index contributed by atoms with van der Waals surface area (Å²) in [6, 6.07) is 9.79. The first-order valence-electron chi connectivity index (χ1n) is 6.02. The van der Waals surface area contributed by atoms with Gasteiger partial charge >= 0.3 is 0 Å². The molecular weight excluding hydrogens is 359 g/mol. The van der Waals surface area contributed by atoms with Gasteiger partial charge < -0.3 is 10.5 Å². The van der Waals surface area contributed by atoms with Crippen molar-refractivity contribution in [1.82, 2.24) is 4.98 Å². The third-order valence-electron chi connectivity index (χ3n) is 2.94. The van der Waals surface area contributed by atoms with Crippen LogP contribution in [0.5, 0.6) is 11.5 Å². The summed E-state index contributed by atoms with van der Waals surface area (Å²) in [5.41, 5.74) is 6.47. The Morgan fingerprint density at radius 2 is 2.05 bits per heavy atom. The zero-order chi connectivity index (χ0) is 15.0. The van der Waals surface area contributed by atoms with Crippen molar-refractivity contribution in [3.8, 4) is 11.5 Å². The molecular formula is C15H9BrClFN2O. The van der Waals surface area contributed by atoms with Crippen molar-refractivity contribution in [2.75, 3.05) is 5.73 Å². The molecule has 0 fully saturated rings. The normalized spacial score (nSPS) is 10.8. The summed E-state index contributed by atoms with van der Waals surface area (Å²) in [4.78, 5) is 4.15. The van der Waals surface area contributed by atoms with Gasteiger partial charge in [0.05, 0.1) is 5.02 Å². The number of nitrogens with zero attached hydrogens (tertiary/aromatic N) is 1. The maximum Gasteiger partial charge on any atom is 0.189 e. The molecule has 2 aromatic carbocycles. The second-order valence-electron chi connectivity index (χ2n) is 4.35. The van der Waals surface area contributed by atoms with Crippen LogP contribution in [0, 0.1) is 5.82 Å². The third-order valence-corrected chi connectivity index (χ3v) is 3.74. The molecule has 3 aromatic rings. The third kappa shape index (κ3) is 2.66. The van der Waals surface area contributed by atoms with Crippen LogP contribution in [0.15, 0.2) is 47.1 Å². The molecule has 0 spiro atoms. The first-order chi connectivity index (χ1) is 10.1. The second-order valence-corrected chi connectivity index (χ2v) is 5.68. The first-order valence-corrected chi connectivity index (χ1v) is 7.19. The topological polar surface area (TPSA) is 48.1 Å². The van der Waals surface area contributed by atoms with E-state index in [0.717, 1.165) is 4.47 Å². The SMILES string of the molecule is Nc1cc(F)c(Oc2cc(Br)ccc2Cl)c2ncccc12. The highest BCUT2D eigenvalue weighted by Crippen LogP contribution is 2.38. The number of anilines is 1. The number of hydrogen-bond donors (Lipinski definition) is 1. The minimum atomic E-state index is -0.588. The summed E-state index contributed by atoms with van der Waals surface area (Å²) in [5.74, 6) is -0.254. The number of hydrogen-bond acceptors (Lipinski definition) is 3. The highest BCUT2D eigenvalue weighted by molar-refractivity contribution is 9.10. The van der Waals surface area contributed by atoms with E-state index in [0.29, 0.717) is 27.4 Å². The Morgan fingerprint density at radius 1 is 1.24 bits per heavy atom. The van der Waals surface area contributed by atoms with E-state index in [2.05, 4.69) is 20.9 Å². The van der Waals surface area contributed by atoms with Crippen molar-refractivity contribution >= 4 is 44.1 Å². The Kier molecular flexibility index (Phi) is 3.69. The number of fused-ring (bicyclic) bond motifs is 1. The van der Waals surface area contributed by atoms with Crippen LogP contribution in [0.3, 0.4) is 0 Å². The zero-order valence-corrected chi connectivity index (χ0v) is 13.0. The Morgan fingerprint density at radius 3 is 2.86 bits per heavy atom. The number of benzene rings is 2. The number of halogens is 3. The van der Waals surface area contributed by atoms with Crippen LogP contribution in [0.2, 0.25) is 5.02 Å². The lowest BCUT2D eigenvalue weighted by molar-refractivity contribution is 0.447. The van der Waals surface area contributed by atoms with Gasteiger partial charge in [0, 0.05) is 27.8 Å². The molecule has 0 amide bonds. The van der Waals surface area contributed by atoms with Gasteiger partial charge in [-0.25, -0.2) is 4.39 Å². The minimum Gasteiger partial charge on any atom is -0.450 e. The van der Waals surface area contributed by atoms with E-state index in [1.165, 1.54) is 6.07 Å². The maximum absolute atomic E-state index is 14.2. The van der Waals surface area contributed by atoms with Crippen LogP contribution in [0.25, 0.3) is 10.9 Å². The number of ether oxygens (including phenoxy) is 1. The van der Waals surface area contributed by atoms with Gasteiger partial charge in [-0.15, -0.1) is 0 Å². The van der Waals surface area contributed by atoms with E-state index in [-0.39, 0.29) is 5.75 Å². The standard InChI is InChI=1S/C15H9BrClFN2O/c16-8-3-4-10(17)13(6-8)21-15-11(18)7-12(19)9-2-1-5-20-14(9)15/h1-7H,19H2. The molecule has 0 aliphatic heterocycles. The summed E-state index contributed by atoms with van der Waals surface area (Å²) in [6.45, 7) is 0. The lowest BCUT2D eigenvalue weighted by Crippen LogP contribution is -1.96. The van der Waals surface area contributed by atoms with Gasteiger partial charge in [-0.1, -0.05) is 27.5 Å². The van der Waals surface area contributed by atoms with Gasteiger partial charge in [-0.3, -0.25) is 4.98 Å². The number of nitrogen functional groups attached to an aromatic ring is 1. The average Bonchev–Trinajstić information content (AvgIpc) is 2.47. The smallest absolute Gasteiger partial charge is 0.189 e. The minimum absolute atomic E-state index is 0.000185. The fourth-order valence-corrected chi connectivity index (χ4v) is 2.47. The molecule has 1 heterocycles. The Balaban J connectivity index is 2.19.